The van der Waals surface area contributed by atoms with Crippen LogP contribution in [0.4, 0.5) is 0 Å². The number of hydrogen-bond acceptors (Lipinski definition) is 2. The number of hydrogen-bond donors (Lipinski definition) is 0. The fourth-order valence-corrected chi connectivity index (χ4v) is 2.24. The maximum Gasteiger partial charge on any atom is 0.330 e. The third-order valence-corrected chi connectivity index (χ3v) is 3.57. The summed E-state index contributed by atoms with van der Waals surface area (Å²) in [5.41, 5.74) is 0. The first-order valence-corrected chi connectivity index (χ1v) is 8.66. The van der Waals surface area contributed by atoms with Gasteiger partial charge >= 0.3 is 5.97 Å². The molecule has 0 aliphatic carbocycles. The Bertz CT molecular complexity index is 185. The number of carbonyl (C=O) groups is 1. The van der Waals surface area contributed by atoms with Gasteiger partial charge in [-0.2, -0.15) is 11.1 Å². The van der Waals surface area contributed by atoms with Crippen molar-refractivity contribution >= 4 is 24.4 Å². The van der Waals surface area contributed by atoms with Crippen LogP contribution >= 0.6 is 11.1 Å². The predicted molar refractivity (Wildman–Crippen MR) is 58.5 cm³/mol. The maximum atomic E-state index is 10.8. The molecule has 76 valence electrons. The van der Waals surface area contributed by atoms with Crippen molar-refractivity contribution < 1.29 is 9.53 Å². The molecule has 0 atom stereocenters. The molecule has 0 bridgehead atoms. The summed E-state index contributed by atoms with van der Waals surface area (Å²) in [6.07, 6.45) is 3.96. The summed E-state index contributed by atoms with van der Waals surface area (Å²) in [6.45, 7) is 6.44. The van der Waals surface area contributed by atoms with Crippen LogP contribution in [0.15, 0.2) is 12.2 Å². The van der Waals surface area contributed by atoms with E-state index >= 15 is 0 Å². The van der Waals surface area contributed by atoms with E-state index in [0.29, 0.717) is 6.61 Å². The fourth-order valence-electron chi connectivity index (χ4n) is 0.849. The molecule has 0 saturated carbocycles. The van der Waals surface area contributed by atoms with Crippen LogP contribution in [0.2, 0.25) is 19.1 Å². The molecule has 0 unspecified atom stereocenters. The second kappa shape index (κ2) is 6.21. The van der Waals surface area contributed by atoms with Crippen LogP contribution < -0.4 is 0 Å². The summed E-state index contributed by atoms with van der Waals surface area (Å²) in [5.74, 6) is -0.267. The number of allylic oxidation sites excluding steroid dienone is 1. The summed E-state index contributed by atoms with van der Waals surface area (Å²) in [5, 5.41) is 0. The van der Waals surface area contributed by atoms with Gasteiger partial charge in [0.2, 0.25) is 0 Å². The van der Waals surface area contributed by atoms with Crippen LogP contribution in [-0.2, 0) is 9.53 Å². The highest BCUT2D eigenvalue weighted by Crippen LogP contribution is 2.15. The van der Waals surface area contributed by atoms with E-state index in [-0.39, 0.29) is 5.97 Å². The molecule has 0 spiro atoms. The largest absolute Gasteiger partial charge is 0.463 e. The number of halogens is 1. The zero-order chi connectivity index (χ0) is 10.3. The molecule has 0 aliphatic heterocycles. The van der Waals surface area contributed by atoms with E-state index in [1.165, 1.54) is 6.08 Å². The Morgan fingerprint density at radius 2 is 2.15 bits per heavy atom. The standard InChI is InChI=1S/C9H17ClO2Si/c1-4-6-9(11)12-7-5-8-13(2,3)10/h4,6H,5,7-8H2,1-3H3. The Hall–Kier alpha value is -0.283. The summed E-state index contributed by atoms with van der Waals surface area (Å²) < 4.78 is 4.92. The SMILES string of the molecule is CC=CC(=O)OCCC[Si](C)(C)Cl. The molecule has 4 heteroatoms. The van der Waals surface area contributed by atoms with Crippen molar-refractivity contribution in [2.75, 3.05) is 6.61 Å². The van der Waals surface area contributed by atoms with Gasteiger partial charge in [-0.25, -0.2) is 4.79 Å². The first-order chi connectivity index (χ1) is 5.95. The second-order valence-electron chi connectivity index (χ2n) is 3.49. The van der Waals surface area contributed by atoms with Crippen molar-refractivity contribution in [2.24, 2.45) is 0 Å². The van der Waals surface area contributed by atoms with Gasteiger partial charge < -0.3 is 4.74 Å². The van der Waals surface area contributed by atoms with Crippen LogP contribution in [0.5, 0.6) is 0 Å². The van der Waals surface area contributed by atoms with Crippen LogP contribution in [0.3, 0.4) is 0 Å². The predicted octanol–water partition coefficient (Wildman–Crippen LogP) is 2.94. The number of esters is 1. The van der Waals surface area contributed by atoms with Gasteiger partial charge in [-0.15, -0.1) is 0 Å². The van der Waals surface area contributed by atoms with Gasteiger partial charge in [-0.05, 0) is 19.4 Å². The van der Waals surface area contributed by atoms with Crippen molar-refractivity contribution in [2.45, 2.75) is 32.5 Å². The molecular weight excluding hydrogens is 204 g/mol. The van der Waals surface area contributed by atoms with Crippen molar-refractivity contribution in [3.63, 3.8) is 0 Å². The van der Waals surface area contributed by atoms with Gasteiger partial charge in [0.05, 0.1) is 6.61 Å². The first kappa shape index (κ1) is 12.7. The van der Waals surface area contributed by atoms with Crippen molar-refractivity contribution in [1.82, 2.24) is 0 Å². The zero-order valence-electron chi connectivity index (χ0n) is 8.47. The number of carbonyl (C=O) groups excluding carboxylic acids is 1. The molecule has 0 rings (SSSR count). The van der Waals surface area contributed by atoms with Crippen LogP contribution in [0, 0.1) is 0 Å². The highest BCUT2D eigenvalue weighted by Gasteiger charge is 2.15. The van der Waals surface area contributed by atoms with E-state index in [4.69, 9.17) is 15.8 Å². The molecule has 0 radical (unpaired) electrons. The number of rotatable bonds is 5. The Labute approximate surface area is 85.6 Å². The molecule has 2 nitrogen and oxygen atoms in total. The van der Waals surface area contributed by atoms with Gasteiger partial charge in [0.15, 0.2) is 7.38 Å². The van der Waals surface area contributed by atoms with Crippen molar-refractivity contribution in [1.29, 1.82) is 0 Å². The van der Waals surface area contributed by atoms with E-state index in [1.807, 2.05) is 0 Å². The molecule has 13 heavy (non-hydrogen) atoms. The van der Waals surface area contributed by atoms with Crippen LogP contribution in [0.1, 0.15) is 13.3 Å². The van der Waals surface area contributed by atoms with E-state index in [2.05, 4.69) is 13.1 Å². The zero-order valence-corrected chi connectivity index (χ0v) is 10.2. The Morgan fingerprint density at radius 1 is 1.54 bits per heavy atom. The summed E-state index contributed by atoms with van der Waals surface area (Å²) >= 11 is 6.09. The van der Waals surface area contributed by atoms with Gasteiger partial charge in [0.25, 0.3) is 0 Å². The van der Waals surface area contributed by atoms with Crippen molar-refractivity contribution in [3.8, 4) is 0 Å². The maximum absolute atomic E-state index is 10.8. The minimum atomic E-state index is -1.48. The molecule has 0 fully saturated rings. The molecule has 0 saturated heterocycles. The minimum absolute atomic E-state index is 0.267. The monoisotopic (exact) mass is 220 g/mol. The topological polar surface area (TPSA) is 26.3 Å². The number of ether oxygens (including phenoxy) is 1. The third-order valence-electron chi connectivity index (χ3n) is 1.46. The van der Waals surface area contributed by atoms with Gasteiger partial charge in [0.1, 0.15) is 0 Å². The second-order valence-corrected chi connectivity index (χ2v) is 10.5. The first-order valence-electron chi connectivity index (χ1n) is 4.44. The average Bonchev–Trinajstić information content (AvgIpc) is 1.97. The van der Waals surface area contributed by atoms with E-state index in [0.717, 1.165) is 12.5 Å². The highest BCUT2D eigenvalue weighted by atomic mass is 35.6. The average molecular weight is 221 g/mol. The quantitative estimate of drug-likeness (QED) is 0.234. The lowest BCUT2D eigenvalue weighted by molar-refractivity contribution is -0.137. The third kappa shape index (κ3) is 9.63. The molecule has 0 aromatic rings. The summed E-state index contributed by atoms with van der Waals surface area (Å²) in [7, 11) is -1.48. The lowest BCUT2D eigenvalue weighted by Gasteiger charge is -2.11. The fraction of sp³-hybridized carbons (Fsp3) is 0.667. The van der Waals surface area contributed by atoms with Gasteiger partial charge in [-0.1, -0.05) is 19.2 Å². The van der Waals surface area contributed by atoms with Gasteiger partial charge in [-0.3, -0.25) is 0 Å². The molecule has 0 aromatic carbocycles. The molecule has 0 aromatic heterocycles. The Kier molecular flexibility index (Phi) is 6.08. The Morgan fingerprint density at radius 3 is 2.62 bits per heavy atom. The Balaban J connectivity index is 3.41. The minimum Gasteiger partial charge on any atom is -0.463 e. The van der Waals surface area contributed by atoms with E-state index < -0.39 is 7.38 Å². The molecule has 0 aliphatic rings. The van der Waals surface area contributed by atoms with Crippen LogP contribution in [-0.4, -0.2) is 20.0 Å². The molecule has 0 amide bonds. The lowest BCUT2D eigenvalue weighted by Crippen LogP contribution is -2.16. The summed E-state index contributed by atoms with van der Waals surface area (Å²) in [4.78, 5) is 10.8. The highest BCUT2D eigenvalue weighted by molar-refractivity contribution is 7.19. The van der Waals surface area contributed by atoms with Gasteiger partial charge in [0, 0.05) is 6.08 Å². The normalized spacial score (nSPS) is 12.0. The smallest absolute Gasteiger partial charge is 0.330 e. The van der Waals surface area contributed by atoms with E-state index in [1.54, 1.807) is 13.0 Å². The van der Waals surface area contributed by atoms with E-state index in [9.17, 15) is 4.79 Å². The summed E-state index contributed by atoms with van der Waals surface area (Å²) in [6, 6.07) is 0.984. The lowest BCUT2D eigenvalue weighted by atomic mass is 10.5. The molecule has 0 heterocycles. The van der Waals surface area contributed by atoms with Crippen LogP contribution in [0.25, 0.3) is 0 Å². The molecule has 0 N–H and O–H groups in total. The molecular formula is C9H17ClO2Si. The van der Waals surface area contributed by atoms with Crippen molar-refractivity contribution in [3.05, 3.63) is 12.2 Å².